The summed E-state index contributed by atoms with van der Waals surface area (Å²) < 4.78 is 5.69. The number of hydrogen-bond donors (Lipinski definition) is 1. The first-order chi connectivity index (χ1) is 9.15. The Bertz CT molecular complexity index is 607. The van der Waals surface area contributed by atoms with E-state index in [0.29, 0.717) is 10.0 Å². The quantitative estimate of drug-likeness (QED) is 0.909. The van der Waals surface area contributed by atoms with Crippen LogP contribution in [0.2, 0.25) is 10.0 Å². The zero-order valence-electron chi connectivity index (χ0n) is 10.2. The highest BCUT2D eigenvalue weighted by Crippen LogP contribution is 2.36. The van der Waals surface area contributed by atoms with Gasteiger partial charge in [0.25, 0.3) is 0 Å². The van der Waals surface area contributed by atoms with Crippen molar-refractivity contribution in [1.82, 2.24) is 0 Å². The van der Waals surface area contributed by atoms with Crippen LogP contribution in [-0.2, 0) is 6.42 Å². The minimum atomic E-state index is -0.288. The van der Waals surface area contributed by atoms with Crippen molar-refractivity contribution in [1.29, 1.82) is 0 Å². The Kier molecular flexibility index (Phi) is 3.40. The Morgan fingerprint density at radius 1 is 1.11 bits per heavy atom. The molecule has 0 aliphatic carbocycles. The molecule has 98 valence electrons. The van der Waals surface area contributed by atoms with Crippen LogP contribution in [0, 0.1) is 0 Å². The highest BCUT2D eigenvalue weighted by Gasteiger charge is 2.21. The molecule has 1 heterocycles. The number of rotatable bonds is 2. The summed E-state index contributed by atoms with van der Waals surface area (Å²) in [5, 5.41) is 1.18. The smallest absolute Gasteiger partial charge is 0.127 e. The van der Waals surface area contributed by atoms with Crippen LogP contribution < -0.4 is 10.5 Å². The van der Waals surface area contributed by atoms with Gasteiger partial charge in [-0.1, -0.05) is 41.4 Å². The number of nitrogens with two attached hydrogens (primary N) is 1. The maximum atomic E-state index is 6.33. The van der Waals surface area contributed by atoms with Crippen LogP contribution in [0.5, 0.6) is 5.75 Å². The molecule has 0 aromatic heterocycles. The molecule has 0 fully saturated rings. The molecule has 3 rings (SSSR count). The number of para-hydroxylation sites is 1. The zero-order chi connectivity index (χ0) is 13.4. The molecule has 1 unspecified atom stereocenters. The molecule has 2 N–H and O–H groups in total. The van der Waals surface area contributed by atoms with Gasteiger partial charge in [-0.2, -0.15) is 0 Å². The second kappa shape index (κ2) is 5.04. The molecule has 0 saturated heterocycles. The lowest BCUT2D eigenvalue weighted by Crippen LogP contribution is -2.13. The van der Waals surface area contributed by atoms with E-state index < -0.39 is 0 Å². The molecule has 2 aromatic rings. The van der Waals surface area contributed by atoms with Crippen molar-refractivity contribution in [3.8, 4) is 5.75 Å². The third kappa shape index (κ3) is 2.44. The lowest BCUT2D eigenvalue weighted by molar-refractivity contribution is 0.352. The molecule has 2 aromatic carbocycles. The molecule has 1 aliphatic rings. The molecule has 1 aliphatic heterocycles. The molecular weight excluding hydrogens is 281 g/mol. The van der Waals surface area contributed by atoms with Gasteiger partial charge >= 0.3 is 0 Å². The molecule has 0 radical (unpaired) electrons. The normalized spacial score (nSPS) is 14.9. The predicted octanol–water partition coefficient (Wildman–Crippen LogP) is 3.98. The first-order valence-corrected chi connectivity index (χ1v) is 6.87. The Balaban J connectivity index is 2.04. The average molecular weight is 294 g/mol. The summed E-state index contributed by atoms with van der Waals surface area (Å²) in [5.41, 5.74) is 9.41. The molecule has 19 heavy (non-hydrogen) atoms. The minimum absolute atomic E-state index is 0.288. The summed E-state index contributed by atoms with van der Waals surface area (Å²) in [6.45, 7) is 0.718. The van der Waals surface area contributed by atoms with Gasteiger partial charge in [-0.3, -0.25) is 0 Å². The summed E-state index contributed by atoms with van der Waals surface area (Å²) in [7, 11) is 0. The molecular formula is C15H13Cl2NO. The van der Waals surface area contributed by atoms with Gasteiger partial charge in [-0.25, -0.2) is 0 Å². The van der Waals surface area contributed by atoms with Crippen molar-refractivity contribution in [3.05, 3.63) is 63.1 Å². The fourth-order valence-corrected chi connectivity index (χ4v) is 2.96. The fourth-order valence-electron chi connectivity index (χ4n) is 2.42. The van der Waals surface area contributed by atoms with Crippen molar-refractivity contribution in [2.45, 2.75) is 12.5 Å². The van der Waals surface area contributed by atoms with Crippen LogP contribution in [0.1, 0.15) is 22.7 Å². The number of ether oxygens (including phenoxy) is 1. The van der Waals surface area contributed by atoms with Crippen molar-refractivity contribution in [3.63, 3.8) is 0 Å². The first-order valence-electron chi connectivity index (χ1n) is 6.11. The van der Waals surface area contributed by atoms with Gasteiger partial charge < -0.3 is 10.5 Å². The minimum Gasteiger partial charge on any atom is -0.493 e. The van der Waals surface area contributed by atoms with Crippen molar-refractivity contribution >= 4 is 23.2 Å². The van der Waals surface area contributed by atoms with Crippen LogP contribution >= 0.6 is 23.2 Å². The molecule has 0 bridgehead atoms. The Hall–Kier alpha value is -1.22. The summed E-state index contributed by atoms with van der Waals surface area (Å²) in [5.74, 6) is 0.908. The highest BCUT2D eigenvalue weighted by molar-refractivity contribution is 6.34. The van der Waals surface area contributed by atoms with Gasteiger partial charge in [0.05, 0.1) is 12.6 Å². The van der Waals surface area contributed by atoms with Gasteiger partial charge in [0, 0.05) is 22.0 Å². The number of halogens is 2. The highest BCUT2D eigenvalue weighted by atomic mass is 35.5. The molecule has 2 nitrogen and oxygen atoms in total. The summed E-state index contributed by atoms with van der Waals surface area (Å²) in [6.07, 6.45) is 0.937. The van der Waals surface area contributed by atoms with E-state index in [1.807, 2.05) is 24.3 Å². The standard InChI is InChI=1S/C15H13Cl2NO/c16-11-6-10(7-12(17)8-11)14(18)13-3-1-2-9-4-5-19-15(9)13/h1-3,6-8,14H,4-5,18H2. The van der Waals surface area contributed by atoms with E-state index in [2.05, 4.69) is 6.07 Å². The van der Waals surface area contributed by atoms with E-state index in [1.54, 1.807) is 6.07 Å². The number of fused-ring (bicyclic) bond motifs is 1. The van der Waals surface area contributed by atoms with Crippen LogP contribution in [0.25, 0.3) is 0 Å². The molecule has 0 saturated carbocycles. The van der Waals surface area contributed by atoms with E-state index in [9.17, 15) is 0 Å². The van der Waals surface area contributed by atoms with Crippen LogP contribution in [-0.4, -0.2) is 6.61 Å². The van der Waals surface area contributed by atoms with E-state index >= 15 is 0 Å². The summed E-state index contributed by atoms with van der Waals surface area (Å²) >= 11 is 12.1. The van der Waals surface area contributed by atoms with Crippen molar-refractivity contribution < 1.29 is 4.74 Å². The lowest BCUT2D eigenvalue weighted by Gasteiger charge is -2.16. The van der Waals surface area contributed by atoms with Crippen molar-refractivity contribution in [2.24, 2.45) is 5.73 Å². The summed E-state index contributed by atoms with van der Waals surface area (Å²) in [6, 6.07) is 11.2. The monoisotopic (exact) mass is 293 g/mol. The van der Waals surface area contributed by atoms with Gasteiger partial charge in [-0.05, 0) is 29.3 Å². The number of hydrogen-bond acceptors (Lipinski definition) is 2. The second-order valence-corrected chi connectivity index (χ2v) is 5.49. The lowest BCUT2D eigenvalue weighted by atomic mass is 9.96. The zero-order valence-corrected chi connectivity index (χ0v) is 11.7. The van der Waals surface area contributed by atoms with Gasteiger partial charge in [0.2, 0.25) is 0 Å². The van der Waals surface area contributed by atoms with Gasteiger partial charge in [0.1, 0.15) is 5.75 Å². The SMILES string of the molecule is NC(c1cc(Cl)cc(Cl)c1)c1cccc2c1OCC2. The third-order valence-electron chi connectivity index (χ3n) is 3.32. The van der Waals surface area contributed by atoms with Crippen LogP contribution in [0.4, 0.5) is 0 Å². The molecule has 0 amide bonds. The molecule has 0 spiro atoms. The first kappa shape index (κ1) is 12.8. The number of benzene rings is 2. The van der Waals surface area contributed by atoms with Gasteiger partial charge in [-0.15, -0.1) is 0 Å². The van der Waals surface area contributed by atoms with E-state index in [-0.39, 0.29) is 6.04 Å². The maximum absolute atomic E-state index is 6.33. The molecule has 4 heteroatoms. The Morgan fingerprint density at radius 2 is 1.84 bits per heavy atom. The van der Waals surface area contributed by atoms with E-state index in [4.69, 9.17) is 33.7 Å². The Morgan fingerprint density at radius 3 is 2.58 bits per heavy atom. The Labute approximate surface area is 122 Å². The fraction of sp³-hybridized carbons (Fsp3) is 0.200. The topological polar surface area (TPSA) is 35.2 Å². The molecule has 1 atom stereocenters. The largest absolute Gasteiger partial charge is 0.493 e. The third-order valence-corrected chi connectivity index (χ3v) is 3.76. The van der Waals surface area contributed by atoms with Crippen LogP contribution in [0.15, 0.2) is 36.4 Å². The van der Waals surface area contributed by atoms with Gasteiger partial charge in [0.15, 0.2) is 0 Å². The average Bonchev–Trinajstić information content (AvgIpc) is 2.84. The maximum Gasteiger partial charge on any atom is 0.127 e. The summed E-state index contributed by atoms with van der Waals surface area (Å²) in [4.78, 5) is 0. The van der Waals surface area contributed by atoms with Crippen LogP contribution in [0.3, 0.4) is 0 Å². The van der Waals surface area contributed by atoms with E-state index in [1.165, 1.54) is 5.56 Å². The van der Waals surface area contributed by atoms with E-state index in [0.717, 1.165) is 29.9 Å². The second-order valence-electron chi connectivity index (χ2n) is 4.61. The predicted molar refractivity (Wildman–Crippen MR) is 78.1 cm³/mol. The van der Waals surface area contributed by atoms with Crippen molar-refractivity contribution in [2.75, 3.05) is 6.61 Å².